The molecule has 0 aromatic heterocycles. The highest BCUT2D eigenvalue weighted by Crippen LogP contribution is 2.16. The van der Waals surface area contributed by atoms with E-state index in [1.807, 2.05) is 12.1 Å². The molecule has 126 valence electrons. The first-order valence-corrected chi connectivity index (χ1v) is 7.77. The van der Waals surface area contributed by atoms with E-state index in [-0.39, 0.29) is 5.91 Å². The summed E-state index contributed by atoms with van der Waals surface area (Å²) in [6.45, 7) is 2.17. The molecule has 2 aromatic carbocycles. The zero-order chi connectivity index (χ0) is 17.5. The van der Waals surface area contributed by atoms with Crippen LogP contribution in [0.4, 0.5) is 0 Å². The Labute approximate surface area is 141 Å². The van der Waals surface area contributed by atoms with Crippen LogP contribution in [0.2, 0.25) is 0 Å². The SMILES string of the molecule is CCc1ccc(CN(C)C(=O)c2cccc(OCC(=O)O)c2)cc1. The second-order valence-electron chi connectivity index (χ2n) is 5.54. The molecular formula is C19H21NO4. The molecule has 0 heterocycles. The van der Waals surface area contributed by atoms with Crippen molar-refractivity contribution in [1.29, 1.82) is 0 Å². The standard InChI is InChI=1S/C19H21NO4/c1-3-14-7-9-15(10-8-14)12-20(2)19(23)16-5-4-6-17(11-16)24-13-18(21)22/h4-11H,3,12-13H2,1-2H3,(H,21,22). The molecule has 2 rings (SSSR count). The first-order valence-electron chi connectivity index (χ1n) is 7.77. The molecule has 0 spiro atoms. The fourth-order valence-corrected chi connectivity index (χ4v) is 2.31. The summed E-state index contributed by atoms with van der Waals surface area (Å²) in [7, 11) is 1.74. The van der Waals surface area contributed by atoms with Gasteiger partial charge >= 0.3 is 5.97 Å². The molecule has 0 aliphatic heterocycles. The van der Waals surface area contributed by atoms with E-state index in [0.29, 0.717) is 17.9 Å². The summed E-state index contributed by atoms with van der Waals surface area (Å²) >= 11 is 0. The summed E-state index contributed by atoms with van der Waals surface area (Å²) in [4.78, 5) is 24.7. The van der Waals surface area contributed by atoms with Gasteiger partial charge < -0.3 is 14.7 Å². The highest BCUT2D eigenvalue weighted by atomic mass is 16.5. The highest BCUT2D eigenvalue weighted by molar-refractivity contribution is 5.94. The van der Waals surface area contributed by atoms with Crippen molar-refractivity contribution < 1.29 is 19.4 Å². The van der Waals surface area contributed by atoms with Gasteiger partial charge in [0.25, 0.3) is 5.91 Å². The predicted molar refractivity (Wildman–Crippen MR) is 91.2 cm³/mol. The van der Waals surface area contributed by atoms with E-state index in [4.69, 9.17) is 9.84 Å². The number of carbonyl (C=O) groups excluding carboxylic acids is 1. The summed E-state index contributed by atoms with van der Waals surface area (Å²) in [6, 6.07) is 14.7. The van der Waals surface area contributed by atoms with Crippen LogP contribution >= 0.6 is 0 Å². The topological polar surface area (TPSA) is 66.8 Å². The van der Waals surface area contributed by atoms with Crippen molar-refractivity contribution in [3.8, 4) is 5.75 Å². The molecule has 0 unspecified atom stereocenters. The quantitative estimate of drug-likeness (QED) is 0.849. The van der Waals surface area contributed by atoms with Gasteiger partial charge in [0.15, 0.2) is 6.61 Å². The third kappa shape index (κ3) is 4.84. The maximum absolute atomic E-state index is 12.5. The van der Waals surface area contributed by atoms with Crippen LogP contribution < -0.4 is 4.74 Å². The number of nitrogens with zero attached hydrogens (tertiary/aromatic N) is 1. The number of aryl methyl sites for hydroxylation is 1. The second-order valence-corrected chi connectivity index (χ2v) is 5.54. The van der Waals surface area contributed by atoms with Crippen molar-refractivity contribution >= 4 is 11.9 Å². The zero-order valence-electron chi connectivity index (χ0n) is 13.9. The lowest BCUT2D eigenvalue weighted by atomic mass is 10.1. The van der Waals surface area contributed by atoms with Gasteiger partial charge in [0.05, 0.1) is 0 Å². The molecule has 1 amide bonds. The first kappa shape index (κ1) is 17.5. The number of carbonyl (C=O) groups is 2. The number of hydrogen-bond acceptors (Lipinski definition) is 3. The lowest BCUT2D eigenvalue weighted by molar-refractivity contribution is -0.139. The van der Waals surface area contributed by atoms with E-state index in [9.17, 15) is 9.59 Å². The van der Waals surface area contributed by atoms with Crippen molar-refractivity contribution in [3.05, 3.63) is 65.2 Å². The smallest absolute Gasteiger partial charge is 0.341 e. The van der Waals surface area contributed by atoms with Crippen LogP contribution in [-0.4, -0.2) is 35.5 Å². The van der Waals surface area contributed by atoms with E-state index < -0.39 is 12.6 Å². The monoisotopic (exact) mass is 327 g/mol. The Kier molecular flexibility index (Phi) is 5.95. The van der Waals surface area contributed by atoms with E-state index >= 15 is 0 Å². The maximum atomic E-state index is 12.5. The van der Waals surface area contributed by atoms with Crippen molar-refractivity contribution in [2.24, 2.45) is 0 Å². The summed E-state index contributed by atoms with van der Waals surface area (Å²) in [5, 5.41) is 8.64. The Morgan fingerprint density at radius 1 is 1.08 bits per heavy atom. The summed E-state index contributed by atoms with van der Waals surface area (Å²) in [5.41, 5.74) is 2.78. The third-order valence-corrected chi connectivity index (χ3v) is 3.64. The normalized spacial score (nSPS) is 10.2. The molecule has 24 heavy (non-hydrogen) atoms. The Hall–Kier alpha value is -2.82. The highest BCUT2D eigenvalue weighted by Gasteiger charge is 2.13. The van der Waals surface area contributed by atoms with Gasteiger partial charge in [-0.1, -0.05) is 37.3 Å². The number of amides is 1. The number of carboxylic acids is 1. The van der Waals surface area contributed by atoms with E-state index in [0.717, 1.165) is 12.0 Å². The average Bonchev–Trinajstić information content (AvgIpc) is 2.60. The number of aliphatic carboxylic acids is 1. The Morgan fingerprint density at radius 3 is 2.38 bits per heavy atom. The van der Waals surface area contributed by atoms with Crippen LogP contribution in [0.5, 0.6) is 5.75 Å². The molecule has 0 bridgehead atoms. The Morgan fingerprint density at radius 2 is 1.75 bits per heavy atom. The van der Waals surface area contributed by atoms with Crippen molar-refractivity contribution in [3.63, 3.8) is 0 Å². The molecular weight excluding hydrogens is 306 g/mol. The third-order valence-electron chi connectivity index (χ3n) is 3.64. The lowest BCUT2D eigenvalue weighted by Gasteiger charge is -2.18. The molecule has 1 N–H and O–H groups in total. The predicted octanol–water partition coefficient (Wildman–Crippen LogP) is 2.98. The molecule has 0 fully saturated rings. The summed E-state index contributed by atoms with van der Waals surface area (Å²) < 4.78 is 5.11. The summed E-state index contributed by atoms with van der Waals surface area (Å²) in [5.74, 6) is -0.835. The summed E-state index contributed by atoms with van der Waals surface area (Å²) in [6.07, 6.45) is 0.984. The molecule has 5 heteroatoms. The molecule has 0 atom stereocenters. The molecule has 2 aromatic rings. The molecule has 0 saturated carbocycles. The van der Waals surface area contributed by atoms with Crippen LogP contribution in [0.3, 0.4) is 0 Å². The van der Waals surface area contributed by atoms with Crippen LogP contribution in [0.1, 0.15) is 28.4 Å². The van der Waals surface area contributed by atoms with E-state index in [1.54, 1.807) is 36.2 Å². The number of benzene rings is 2. The van der Waals surface area contributed by atoms with E-state index in [1.165, 1.54) is 5.56 Å². The van der Waals surface area contributed by atoms with Crippen molar-refractivity contribution in [1.82, 2.24) is 4.90 Å². The Balaban J connectivity index is 2.03. The first-order chi connectivity index (χ1) is 11.5. The molecule has 0 aliphatic carbocycles. The van der Waals surface area contributed by atoms with Gasteiger partial charge in [-0.25, -0.2) is 4.79 Å². The van der Waals surface area contributed by atoms with E-state index in [2.05, 4.69) is 19.1 Å². The zero-order valence-corrected chi connectivity index (χ0v) is 13.9. The van der Waals surface area contributed by atoms with Gasteiger partial charge in [-0.2, -0.15) is 0 Å². The van der Waals surface area contributed by atoms with Crippen molar-refractivity contribution in [2.45, 2.75) is 19.9 Å². The van der Waals surface area contributed by atoms with Crippen LogP contribution in [0, 0.1) is 0 Å². The molecule has 0 saturated heterocycles. The van der Waals surface area contributed by atoms with Gasteiger partial charge in [-0.15, -0.1) is 0 Å². The fraction of sp³-hybridized carbons (Fsp3) is 0.263. The molecule has 0 aliphatic rings. The Bertz CT molecular complexity index is 710. The van der Waals surface area contributed by atoms with Gasteiger partial charge in [0.2, 0.25) is 0 Å². The maximum Gasteiger partial charge on any atom is 0.341 e. The number of ether oxygens (including phenoxy) is 1. The molecule has 5 nitrogen and oxygen atoms in total. The number of hydrogen-bond donors (Lipinski definition) is 1. The van der Waals surface area contributed by atoms with Gasteiger partial charge in [-0.05, 0) is 35.7 Å². The fourth-order valence-electron chi connectivity index (χ4n) is 2.31. The minimum absolute atomic E-state index is 0.143. The average molecular weight is 327 g/mol. The van der Waals surface area contributed by atoms with Gasteiger partial charge in [-0.3, -0.25) is 4.79 Å². The molecule has 0 radical (unpaired) electrons. The van der Waals surface area contributed by atoms with Gasteiger partial charge in [0, 0.05) is 19.2 Å². The van der Waals surface area contributed by atoms with Gasteiger partial charge in [0.1, 0.15) is 5.75 Å². The van der Waals surface area contributed by atoms with Crippen LogP contribution in [0.15, 0.2) is 48.5 Å². The minimum atomic E-state index is -1.06. The minimum Gasteiger partial charge on any atom is -0.482 e. The number of carboxylic acid groups (broad SMARTS) is 1. The second kappa shape index (κ2) is 8.15. The van der Waals surface area contributed by atoms with Crippen LogP contribution in [0.25, 0.3) is 0 Å². The lowest BCUT2D eigenvalue weighted by Crippen LogP contribution is -2.26. The van der Waals surface area contributed by atoms with Crippen LogP contribution in [-0.2, 0) is 17.8 Å². The van der Waals surface area contributed by atoms with Crippen molar-refractivity contribution in [2.75, 3.05) is 13.7 Å². The number of rotatable bonds is 7. The largest absolute Gasteiger partial charge is 0.482 e.